The molecule has 0 atom stereocenters. The molecule has 1 aliphatic heterocycles. The molecule has 3 rings (SSSR count). The third kappa shape index (κ3) is 4.83. The van der Waals surface area contributed by atoms with Crippen molar-refractivity contribution in [2.45, 2.75) is 19.4 Å². The third-order valence-electron chi connectivity index (χ3n) is 5.00. The normalized spacial score (nSPS) is 15.3. The van der Waals surface area contributed by atoms with Gasteiger partial charge in [-0.25, -0.2) is 9.18 Å². The summed E-state index contributed by atoms with van der Waals surface area (Å²) in [5.41, 5.74) is 1.45. The molecular weight excluding hydrogens is 345 g/mol. The van der Waals surface area contributed by atoms with Crippen molar-refractivity contribution in [2.75, 3.05) is 24.5 Å². The first-order chi connectivity index (χ1) is 13.1. The fourth-order valence-electron chi connectivity index (χ4n) is 3.50. The smallest absolute Gasteiger partial charge is 0.411 e. The average Bonchev–Trinajstić information content (AvgIpc) is 2.68. The van der Waals surface area contributed by atoms with Gasteiger partial charge in [-0.1, -0.05) is 30.3 Å². The van der Waals surface area contributed by atoms with Crippen molar-refractivity contribution in [3.8, 4) is 6.07 Å². The quantitative estimate of drug-likeness (QED) is 0.864. The molecule has 1 N–H and O–H groups in total. The zero-order chi connectivity index (χ0) is 19.2. The van der Waals surface area contributed by atoms with Gasteiger partial charge in [-0.2, -0.15) is 5.26 Å². The van der Waals surface area contributed by atoms with Crippen molar-refractivity contribution in [3.05, 3.63) is 65.5 Å². The molecule has 0 aromatic heterocycles. The van der Waals surface area contributed by atoms with E-state index in [-0.39, 0.29) is 23.7 Å². The summed E-state index contributed by atoms with van der Waals surface area (Å²) in [4.78, 5) is 15.1. The number of anilines is 1. The van der Waals surface area contributed by atoms with Crippen molar-refractivity contribution in [3.63, 3.8) is 0 Å². The summed E-state index contributed by atoms with van der Waals surface area (Å²) in [6.45, 7) is 2.93. The SMILES string of the molecule is N#Cc1ccc(N(CC2CCN(Cc3ccccc3)CC2)C(=O)O)c(F)c1. The van der Waals surface area contributed by atoms with E-state index in [2.05, 4.69) is 17.0 Å². The highest BCUT2D eigenvalue weighted by molar-refractivity contribution is 5.86. The molecule has 1 amide bonds. The van der Waals surface area contributed by atoms with Gasteiger partial charge in [0, 0.05) is 13.1 Å². The second-order valence-corrected chi connectivity index (χ2v) is 6.88. The Labute approximate surface area is 158 Å². The number of piperidine rings is 1. The van der Waals surface area contributed by atoms with Crippen LogP contribution in [0.1, 0.15) is 24.0 Å². The minimum atomic E-state index is -1.18. The Morgan fingerprint density at radius 2 is 1.93 bits per heavy atom. The lowest BCUT2D eigenvalue weighted by atomic mass is 9.95. The van der Waals surface area contributed by atoms with Gasteiger partial charge in [0.15, 0.2) is 0 Å². The van der Waals surface area contributed by atoms with Gasteiger partial charge in [0.2, 0.25) is 0 Å². The first-order valence-corrected chi connectivity index (χ1v) is 9.03. The molecule has 0 aliphatic carbocycles. The van der Waals surface area contributed by atoms with E-state index >= 15 is 0 Å². The molecule has 27 heavy (non-hydrogen) atoms. The summed E-state index contributed by atoms with van der Waals surface area (Å²) in [6, 6.07) is 16.0. The number of hydrogen-bond donors (Lipinski definition) is 1. The lowest BCUT2D eigenvalue weighted by Gasteiger charge is -2.34. The number of rotatable bonds is 5. The number of benzene rings is 2. The minimum Gasteiger partial charge on any atom is -0.465 e. The highest BCUT2D eigenvalue weighted by Crippen LogP contribution is 2.26. The first kappa shape index (κ1) is 18.9. The van der Waals surface area contributed by atoms with Crippen LogP contribution in [0.4, 0.5) is 14.9 Å². The number of halogens is 1. The highest BCUT2D eigenvalue weighted by Gasteiger charge is 2.26. The Balaban J connectivity index is 1.60. The van der Waals surface area contributed by atoms with Crippen molar-refractivity contribution >= 4 is 11.8 Å². The molecule has 0 spiro atoms. The molecule has 6 heteroatoms. The second-order valence-electron chi connectivity index (χ2n) is 6.88. The minimum absolute atomic E-state index is 0.00761. The number of hydrogen-bond acceptors (Lipinski definition) is 3. The molecule has 0 radical (unpaired) electrons. The van der Waals surface area contributed by atoms with Crippen LogP contribution in [0.25, 0.3) is 0 Å². The van der Waals surface area contributed by atoms with E-state index in [1.165, 1.54) is 17.7 Å². The molecule has 1 aliphatic rings. The number of carboxylic acid groups (broad SMARTS) is 1. The van der Waals surface area contributed by atoms with Crippen LogP contribution in [0, 0.1) is 23.1 Å². The molecule has 2 aromatic rings. The zero-order valence-electron chi connectivity index (χ0n) is 15.0. The van der Waals surface area contributed by atoms with E-state index in [9.17, 15) is 14.3 Å². The van der Waals surface area contributed by atoms with Gasteiger partial charge in [-0.3, -0.25) is 9.80 Å². The molecule has 2 aromatic carbocycles. The van der Waals surface area contributed by atoms with Gasteiger partial charge in [-0.15, -0.1) is 0 Å². The van der Waals surface area contributed by atoms with Crippen molar-refractivity contribution in [2.24, 2.45) is 5.92 Å². The standard InChI is InChI=1S/C21H22FN3O2/c22-19-12-18(13-23)6-7-20(19)25(21(26)27)15-17-8-10-24(11-9-17)14-16-4-2-1-3-5-16/h1-7,12,17H,8-11,14-15H2,(H,26,27). The lowest BCUT2D eigenvalue weighted by molar-refractivity contribution is 0.173. The van der Waals surface area contributed by atoms with Crippen molar-refractivity contribution in [1.29, 1.82) is 5.26 Å². The summed E-state index contributed by atoms with van der Waals surface area (Å²) in [7, 11) is 0. The Hall–Kier alpha value is -2.91. The number of nitrogens with zero attached hydrogens (tertiary/aromatic N) is 3. The van der Waals surface area contributed by atoms with E-state index in [1.807, 2.05) is 24.3 Å². The molecule has 0 bridgehead atoms. The molecule has 0 unspecified atom stereocenters. The van der Waals surface area contributed by atoms with Gasteiger partial charge in [0.05, 0.1) is 17.3 Å². The Morgan fingerprint density at radius 1 is 1.22 bits per heavy atom. The van der Waals surface area contributed by atoms with Crippen LogP contribution in [-0.4, -0.2) is 35.7 Å². The summed E-state index contributed by atoms with van der Waals surface area (Å²) < 4.78 is 14.2. The molecule has 1 heterocycles. The topological polar surface area (TPSA) is 67.6 Å². The Kier molecular flexibility index (Phi) is 6.05. The fraction of sp³-hybridized carbons (Fsp3) is 0.333. The Bertz CT molecular complexity index is 827. The molecule has 0 saturated carbocycles. The monoisotopic (exact) mass is 367 g/mol. The molecular formula is C21H22FN3O2. The highest BCUT2D eigenvalue weighted by atomic mass is 19.1. The number of amides is 1. The molecule has 5 nitrogen and oxygen atoms in total. The van der Waals surface area contributed by atoms with Crippen LogP contribution in [0.3, 0.4) is 0 Å². The second kappa shape index (κ2) is 8.65. The van der Waals surface area contributed by atoms with E-state index in [1.54, 1.807) is 0 Å². The summed E-state index contributed by atoms with van der Waals surface area (Å²) in [5, 5.41) is 18.4. The first-order valence-electron chi connectivity index (χ1n) is 9.03. The van der Waals surface area contributed by atoms with Crippen LogP contribution in [-0.2, 0) is 6.54 Å². The maximum atomic E-state index is 14.2. The third-order valence-corrected chi connectivity index (χ3v) is 5.00. The van der Waals surface area contributed by atoms with Crippen molar-refractivity contribution < 1.29 is 14.3 Å². The van der Waals surface area contributed by atoms with Crippen LogP contribution < -0.4 is 4.90 Å². The van der Waals surface area contributed by atoms with Gasteiger partial charge in [0.1, 0.15) is 5.82 Å². The average molecular weight is 367 g/mol. The van der Waals surface area contributed by atoms with E-state index in [0.717, 1.165) is 43.4 Å². The van der Waals surface area contributed by atoms with Crippen LogP contribution >= 0.6 is 0 Å². The van der Waals surface area contributed by atoms with E-state index in [4.69, 9.17) is 5.26 Å². The molecule has 1 fully saturated rings. The van der Waals surface area contributed by atoms with Crippen LogP contribution in [0.2, 0.25) is 0 Å². The number of likely N-dealkylation sites (tertiary alicyclic amines) is 1. The lowest BCUT2D eigenvalue weighted by Crippen LogP contribution is -2.40. The van der Waals surface area contributed by atoms with Crippen molar-refractivity contribution in [1.82, 2.24) is 4.90 Å². The number of carbonyl (C=O) groups is 1. The maximum Gasteiger partial charge on any atom is 0.411 e. The van der Waals surface area contributed by atoms with E-state index in [0.29, 0.717) is 0 Å². The summed E-state index contributed by atoms with van der Waals surface area (Å²) >= 11 is 0. The zero-order valence-corrected chi connectivity index (χ0v) is 15.0. The predicted molar refractivity (Wildman–Crippen MR) is 101 cm³/mol. The van der Waals surface area contributed by atoms with Gasteiger partial charge < -0.3 is 5.11 Å². The van der Waals surface area contributed by atoms with E-state index < -0.39 is 11.9 Å². The Morgan fingerprint density at radius 3 is 2.52 bits per heavy atom. The predicted octanol–water partition coefficient (Wildman–Crippen LogP) is 4.09. The number of nitriles is 1. The summed E-state index contributed by atoms with van der Waals surface area (Å²) in [5.74, 6) is -0.499. The van der Waals surface area contributed by atoms with Gasteiger partial charge in [-0.05, 0) is 55.6 Å². The molecule has 1 saturated heterocycles. The summed E-state index contributed by atoms with van der Waals surface area (Å²) in [6.07, 6.45) is 0.563. The van der Waals surface area contributed by atoms with Crippen LogP contribution in [0.15, 0.2) is 48.5 Å². The fourth-order valence-corrected chi connectivity index (χ4v) is 3.50. The van der Waals surface area contributed by atoms with Crippen LogP contribution in [0.5, 0.6) is 0 Å². The maximum absolute atomic E-state index is 14.2. The molecule has 140 valence electrons. The van der Waals surface area contributed by atoms with Gasteiger partial charge in [0.25, 0.3) is 0 Å². The van der Waals surface area contributed by atoms with Gasteiger partial charge >= 0.3 is 6.09 Å². The largest absolute Gasteiger partial charge is 0.465 e.